The average Bonchev–Trinajstić information content (AvgIpc) is 2.59. The Morgan fingerprint density at radius 3 is 2.60 bits per heavy atom. The molecule has 6 heteroatoms. The third-order valence-corrected chi connectivity index (χ3v) is 3.77. The number of ether oxygens (including phenoxy) is 2. The smallest absolute Gasteiger partial charge is 0.313 e. The molecule has 0 atom stereocenters. The van der Waals surface area contributed by atoms with Gasteiger partial charge >= 0.3 is 5.97 Å². The van der Waals surface area contributed by atoms with Crippen molar-refractivity contribution < 1.29 is 18.7 Å². The van der Waals surface area contributed by atoms with E-state index in [4.69, 9.17) is 25.5 Å². The van der Waals surface area contributed by atoms with E-state index in [1.165, 1.54) is 18.4 Å². The summed E-state index contributed by atoms with van der Waals surface area (Å²) in [5.74, 6) is 0.0782. The van der Waals surface area contributed by atoms with Crippen LogP contribution in [0.25, 0.3) is 11.0 Å². The molecule has 5 nitrogen and oxygen atoms in total. The zero-order valence-corrected chi connectivity index (χ0v) is 14.4. The highest BCUT2D eigenvalue weighted by Crippen LogP contribution is 2.29. The second kappa shape index (κ2) is 6.99. The molecular formula is C19H15ClO5. The van der Waals surface area contributed by atoms with Crippen molar-refractivity contribution in [2.24, 2.45) is 5.92 Å². The van der Waals surface area contributed by atoms with Crippen LogP contribution < -0.4 is 14.9 Å². The predicted molar refractivity (Wildman–Crippen MR) is 94.5 cm³/mol. The molecule has 0 aliphatic carbocycles. The number of hydrogen-bond acceptors (Lipinski definition) is 5. The molecule has 128 valence electrons. The van der Waals surface area contributed by atoms with Crippen molar-refractivity contribution in [3.8, 4) is 17.2 Å². The molecule has 0 spiro atoms. The van der Waals surface area contributed by atoms with Gasteiger partial charge in [-0.15, -0.1) is 0 Å². The first-order valence-corrected chi connectivity index (χ1v) is 8.03. The van der Waals surface area contributed by atoms with Crippen molar-refractivity contribution in [1.82, 2.24) is 0 Å². The summed E-state index contributed by atoms with van der Waals surface area (Å²) in [5.41, 5.74) is -0.0477. The summed E-state index contributed by atoms with van der Waals surface area (Å²) in [4.78, 5) is 24.2. The zero-order chi connectivity index (χ0) is 18.0. The summed E-state index contributed by atoms with van der Waals surface area (Å²) in [7, 11) is 0. The average molecular weight is 359 g/mol. The maximum absolute atomic E-state index is 12.6. The van der Waals surface area contributed by atoms with E-state index >= 15 is 0 Å². The van der Waals surface area contributed by atoms with Crippen LogP contribution in [0.1, 0.15) is 13.8 Å². The van der Waals surface area contributed by atoms with Crippen LogP contribution in [0.4, 0.5) is 0 Å². The molecular weight excluding hydrogens is 344 g/mol. The van der Waals surface area contributed by atoms with Crippen molar-refractivity contribution >= 4 is 28.5 Å². The second-order valence-electron chi connectivity index (χ2n) is 5.70. The van der Waals surface area contributed by atoms with Crippen LogP contribution in [0.3, 0.4) is 0 Å². The number of carbonyl (C=O) groups excluding carboxylic acids is 1. The van der Waals surface area contributed by atoms with Crippen LogP contribution in [-0.2, 0) is 4.79 Å². The van der Waals surface area contributed by atoms with Gasteiger partial charge in [-0.05, 0) is 24.3 Å². The molecule has 2 aromatic carbocycles. The van der Waals surface area contributed by atoms with Gasteiger partial charge in [0.2, 0.25) is 11.2 Å². The van der Waals surface area contributed by atoms with Gasteiger partial charge in [0.1, 0.15) is 23.3 Å². The molecule has 1 aromatic heterocycles. The molecule has 0 unspecified atom stereocenters. The third-order valence-electron chi connectivity index (χ3n) is 3.46. The summed E-state index contributed by atoms with van der Waals surface area (Å²) in [6, 6.07) is 11.4. The Kier molecular flexibility index (Phi) is 4.76. The summed E-state index contributed by atoms with van der Waals surface area (Å²) in [5, 5.41) is 0.701. The zero-order valence-electron chi connectivity index (χ0n) is 13.6. The number of fused-ring (bicyclic) bond motifs is 1. The maximum Gasteiger partial charge on any atom is 0.313 e. The highest BCUT2D eigenvalue weighted by atomic mass is 35.5. The fraction of sp³-hybridized carbons (Fsp3) is 0.158. The molecule has 0 aliphatic rings. The van der Waals surface area contributed by atoms with Gasteiger partial charge in [-0.1, -0.05) is 37.6 Å². The Balaban J connectivity index is 1.94. The first-order chi connectivity index (χ1) is 12.0. The Morgan fingerprint density at radius 1 is 1.12 bits per heavy atom. The monoisotopic (exact) mass is 358 g/mol. The lowest BCUT2D eigenvalue weighted by molar-refractivity contribution is -0.137. The highest BCUT2D eigenvalue weighted by molar-refractivity contribution is 6.32. The molecule has 0 N–H and O–H groups in total. The molecule has 0 amide bonds. The molecule has 0 aliphatic heterocycles. The second-order valence-corrected chi connectivity index (χ2v) is 6.10. The van der Waals surface area contributed by atoms with Gasteiger partial charge in [-0.25, -0.2) is 0 Å². The van der Waals surface area contributed by atoms with E-state index in [0.717, 1.165) is 0 Å². The molecule has 25 heavy (non-hydrogen) atoms. The summed E-state index contributed by atoms with van der Waals surface area (Å²) >= 11 is 6.03. The summed E-state index contributed by atoms with van der Waals surface area (Å²) in [6.45, 7) is 3.48. The molecule has 3 rings (SSSR count). The van der Waals surface area contributed by atoms with E-state index in [0.29, 0.717) is 27.5 Å². The van der Waals surface area contributed by atoms with Crippen molar-refractivity contribution in [3.63, 3.8) is 0 Å². The largest absolute Gasteiger partial charge is 0.460 e. The highest BCUT2D eigenvalue weighted by Gasteiger charge is 2.14. The van der Waals surface area contributed by atoms with Crippen LogP contribution in [0.15, 0.2) is 57.9 Å². The number of rotatable bonds is 4. The Hall–Kier alpha value is -2.79. The summed E-state index contributed by atoms with van der Waals surface area (Å²) in [6.07, 6.45) is 1.21. The first kappa shape index (κ1) is 17.0. The van der Waals surface area contributed by atoms with E-state index < -0.39 is 0 Å². The topological polar surface area (TPSA) is 65.7 Å². The number of hydrogen-bond donors (Lipinski definition) is 0. The SMILES string of the molecule is CC(C)C(=O)Oc1ccc2c(=O)c(Oc3ccccc3Cl)coc2c1. The number of halogens is 1. The standard InChI is InChI=1S/C19H15ClO5/c1-11(2)19(22)24-12-7-8-13-16(9-12)23-10-17(18(13)21)25-15-6-4-3-5-14(15)20/h3-11H,1-2H3. The molecule has 3 aromatic rings. The number of para-hydroxylation sites is 1. The van der Waals surface area contributed by atoms with Crippen LogP contribution in [-0.4, -0.2) is 5.97 Å². The lowest BCUT2D eigenvalue weighted by Gasteiger charge is -2.09. The number of benzene rings is 2. The van der Waals surface area contributed by atoms with Gasteiger partial charge in [0.25, 0.3) is 0 Å². The van der Waals surface area contributed by atoms with Crippen molar-refractivity contribution in [3.05, 3.63) is 64.0 Å². The lowest BCUT2D eigenvalue weighted by atomic mass is 10.2. The summed E-state index contributed by atoms with van der Waals surface area (Å²) < 4.78 is 16.2. The molecule has 1 heterocycles. The van der Waals surface area contributed by atoms with Crippen molar-refractivity contribution in [1.29, 1.82) is 0 Å². The van der Waals surface area contributed by atoms with Gasteiger partial charge in [0.05, 0.1) is 16.3 Å². The molecule has 0 saturated carbocycles. The van der Waals surface area contributed by atoms with E-state index in [-0.39, 0.29) is 23.1 Å². The van der Waals surface area contributed by atoms with Gasteiger partial charge in [0, 0.05) is 6.07 Å². The molecule has 0 radical (unpaired) electrons. The van der Waals surface area contributed by atoms with E-state index in [1.54, 1.807) is 44.2 Å². The van der Waals surface area contributed by atoms with E-state index in [1.807, 2.05) is 0 Å². The van der Waals surface area contributed by atoms with E-state index in [9.17, 15) is 9.59 Å². The van der Waals surface area contributed by atoms with Gasteiger partial charge < -0.3 is 13.9 Å². The Labute approximate surface area is 148 Å². The Morgan fingerprint density at radius 2 is 1.88 bits per heavy atom. The van der Waals surface area contributed by atoms with Gasteiger partial charge in [0.15, 0.2) is 0 Å². The van der Waals surface area contributed by atoms with Crippen LogP contribution in [0.5, 0.6) is 17.2 Å². The van der Waals surface area contributed by atoms with Gasteiger partial charge in [-0.2, -0.15) is 0 Å². The number of carbonyl (C=O) groups is 1. The first-order valence-electron chi connectivity index (χ1n) is 7.65. The fourth-order valence-electron chi connectivity index (χ4n) is 2.10. The lowest BCUT2D eigenvalue weighted by Crippen LogP contribution is -2.14. The van der Waals surface area contributed by atoms with Crippen molar-refractivity contribution in [2.75, 3.05) is 0 Å². The quantitative estimate of drug-likeness (QED) is 0.495. The minimum Gasteiger partial charge on any atom is -0.460 e. The number of esters is 1. The van der Waals surface area contributed by atoms with Crippen LogP contribution in [0.2, 0.25) is 5.02 Å². The minimum atomic E-state index is -0.361. The molecule has 0 bridgehead atoms. The van der Waals surface area contributed by atoms with Gasteiger partial charge in [-0.3, -0.25) is 9.59 Å². The normalized spacial score (nSPS) is 10.9. The van der Waals surface area contributed by atoms with Crippen LogP contribution >= 0.6 is 11.6 Å². The molecule has 0 fully saturated rings. The molecule has 0 saturated heterocycles. The Bertz CT molecular complexity index is 991. The van der Waals surface area contributed by atoms with Crippen molar-refractivity contribution in [2.45, 2.75) is 13.8 Å². The minimum absolute atomic E-state index is 0.0209. The maximum atomic E-state index is 12.6. The predicted octanol–water partition coefficient (Wildman–Crippen LogP) is 4.80. The third kappa shape index (κ3) is 3.67. The van der Waals surface area contributed by atoms with Crippen LogP contribution in [0, 0.1) is 5.92 Å². The van der Waals surface area contributed by atoms with E-state index in [2.05, 4.69) is 0 Å². The fourth-order valence-corrected chi connectivity index (χ4v) is 2.28.